The van der Waals surface area contributed by atoms with Crippen LogP contribution in [0.15, 0.2) is 54.7 Å². The van der Waals surface area contributed by atoms with Crippen LogP contribution in [0.1, 0.15) is 21.6 Å². The number of nitrogens with zero attached hydrogens (tertiary/aromatic N) is 1. The second kappa shape index (κ2) is 8.43. The summed E-state index contributed by atoms with van der Waals surface area (Å²) in [5.41, 5.74) is 4.97. The lowest BCUT2D eigenvalue weighted by Crippen LogP contribution is -2.14. The summed E-state index contributed by atoms with van der Waals surface area (Å²) in [6.45, 7) is 4.10. The molecule has 0 spiro atoms. The largest absolute Gasteiger partial charge is 0.497 e. The van der Waals surface area contributed by atoms with Gasteiger partial charge in [0.2, 0.25) is 0 Å². The number of para-hydroxylation sites is 1. The van der Waals surface area contributed by atoms with E-state index in [-0.39, 0.29) is 5.91 Å². The molecule has 0 atom stereocenters. The molecule has 0 saturated heterocycles. The molecule has 1 amide bonds. The highest BCUT2D eigenvalue weighted by molar-refractivity contribution is 6.04. The molecule has 0 aliphatic heterocycles. The Morgan fingerprint density at radius 3 is 2.32 bits per heavy atom. The van der Waals surface area contributed by atoms with Gasteiger partial charge in [-0.25, -0.2) is 4.98 Å². The Morgan fingerprint density at radius 2 is 1.71 bits per heavy atom. The van der Waals surface area contributed by atoms with Crippen molar-refractivity contribution in [3.8, 4) is 11.5 Å². The van der Waals surface area contributed by atoms with Gasteiger partial charge in [0.1, 0.15) is 17.2 Å². The highest BCUT2D eigenvalue weighted by Crippen LogP contribution is 2.29. The van der Waals surface area contributed by atoms with Gasteiger partial charge in [-0.05, 0) is 49.2 Å². The maximum atomic E-state index is 12.6. The molecule has 2 N–H and O–H groups in total. The molecule has 0 bridgehead atoms. The predicted molar refractivity (Wildman–Crippen MR) is 111 cm³/mol. The van der Waals surface area contributed by atoms with E-state index in [0.717, 1.165) is 22.5 Å². The van der Waals surface area contributed by atoms with Gasteiger partial charge in [0.05, 0.1) is 31.8 Å². The summed E-state index contributed by atoms with van der Waals surface area (Å²) in [6.07, 6.45) is 1.64. The van der Waals surface area contributed by atoms with Crippen LogP contribution in [0.3, 0.4) is 0 Å². The van der Waals surface area contributed by atoms with Crippen LogP contribution in [0.2, 0.25) is 0 Å². The van der Waals surface area contributed by atoms with Crippen LogP contribution < -0.4 is 20.1 Å². The number of rotatable bonds is 6. The van der Waals surface area contributed by atoms with Crippen LogP contribution in [-0.2, 0) is 0 Å². The molecule has 3 rings (SSSR count). The van der Waals surface area contributed by atoms with Gasteiger partial charge < -0.3 is 20.1 Å². The van der Waals surface area contributed by atoms with Crippen molar-refractivity contribution in [1.82, 2.24) is 4.98 Å². The monoisotopic (exact) mass is 377 g/mol. The minimum absolute atomic E-state index is 0.303. The fourth-order valence-corrected chi connectivity index (χ4v) is 2.86. The summed E-state index contributed by atoms with van der Waals surface area (Å²) in [5.74, 6) is 0.838. The first kappa shape index (κ1) is 19.2. The fraction of sp³-hybridized carbons (Fsp3) is 0.182. The Morgan fingerprint density at radius 1 is 0.964 bits per heavy atom. The van der Waals surface area contributed by atoms with Crippen LogP contribution in [0.25, 0.3) is 0 Å². The summed E-state index contributed by atoms with van der Waals surface area (Å²) in [5, 5.41) is 6.17. The van der Waals surface area contributed by atoms with Crippen LogP contribution in [-0.4, -0.2) is 25.1 Å². The van der Waals surface area contributed by atoms with Crippen molar-refractivity contribution in [2.24, 2.45) is 0 Å². The minimum atomic E-state index is -0.329. The number of nitrogens with one attached hydrogen (secondary N) is 2. The highest BCUT2D eigenvalue weighted by Gasteiger charge is 2.12. The number of carbonyl (C=O) groups excluding carboxylic acids is 1. The number of methoxy groups -OCH3 is 2. The van der Waals surface area contributed by atoms with Crippen LogP contribution >= 0.6 is 0 Å². The molecule has 28 heavy (non-hydrogen) atoms. The van der Waals surface area contributed by atoms with Gasteiger partial charge in [-0.15, -0.1) is 0 Å². The summed E-state index contributed by atoms with van der Waals surface area (Å²) < 4.78 is 10.5. The average Bonchev–Trinajstić information content (AvgIpc) is 2.71. The molecule has 0 saturated carbocycles. The second-order valence-corrected chi connectivity index (χ2v) is 6.34. The van der Waals surface area contributed by atoms with Gasteiger partial charge in [0.25, 0.3) is 5.91 Å². The molecule has 2 aromatic carbocycles. The smallest absolute Gasteiger partial charge is 0.274 e. The Bertz CT molecular complexity index is 965. The predicted octanol–water partition coefficient (Wildman–Crippen LogP) is 4.71. The van der Waals surface area contributed by atoms with Crippen molar-refractivity contribution in [3.05, 3.63) is 71.5 Å². The van der Waals surface area contributed by atoms with Crippen LogP contribution in [0, 0.1) is 13.8 Å². The molecule has 1 aromatic heterocycles. The van der Waals surface area contributed by atoms with Crippen LogP contribution in [0.5, 0.6) is 11.5 Å². The lowest BCUT2D eigenvalue weighted by Gasteiger charge is -2.13. The maximum absolute atomic E-state index is 12.6. The fourth-order valence-electron chi connectivity index (χ4n) is 2.86. The van der Waals surface area contributed by atoms with E-state index in [9.17, 15) is 4.79 Å². The number of amides is 1. The zero-order chi connectivity index (χ0) is 20.1. The summed E-state index contributed by atoms with van der Waals surface area (Å²) in [6, 6.07) is 14.8. The lowest BCUT2D eigenvalue weighted by atomic mass is 10.1. The highest BCUT2D eigenvalue weighted by atomic mass is 16.5. The lowest BCUT2D eigenvalue weighted by molar-refractivity contribution is 0.102. The normalized spacial score (nSPS) is 10.3. The van der Waals surface area contributed by atoms with Gasteiger partial charge in [0, 0.05) is 11.8 Å². The molecule has 6 nitrogen and oxygen atoms in total. The third-order valence-electron chi connectivity index (χ3n) is 4.40. The van der Waals surface area contributed by atoms with E-state index in [1.165, 1.54) is 0 Å². The molecular weight excluding hydrogens is 354 g/mol. The van der Waals surface area contributed by atoms with Crippen molar-refractivity contribution >= 4 is 23.0 Å². The number of anilines is 3. The molecule has 1 heterocycles. The minimum Gasteiger partial charge on any atom is -0.497 e. The summed E-state index contributed by atoms with van der Waals surface area (Å²) >= 11 is 0. The van der Waals surface area contributed by atoms with Gasteiger partial charge >= 0.3 is 0 Å². The van der Waals surface area contributed by atoms with Crippen molar-refractivity contribution in [1.29, 1.82) is 0 Å². The molecule has 0 radical (unpaired) electrons. The molecule has 0 aliphatic rings. The maximum Gasteiger partial charge on any atom is 0.274 e. The molecule has 3 aromatic rings. The van der Waals surface area contributed by atoms with E-state index < -0.39 is 0 Å². The second-order valence-electron chi connectivity index (χ2n) is 6.34. The number of carbonyl (C=O) groups is 1. The summed E-state index contributed by atoms with van der Waals surface area (Å²) in [4.78, 5) is 16.9. The number of ether oxygens (including phenoxy) is 2. The first-order chi connectivity index (χ1) is 13.5. The van der Waals surface area contributed by atoms with Crippen molar-refractivity contribution in [2.75, 3.05) is 24.9 Å². The third-order valence-corrected chi connectivity index (χ3v) is 4.40. The molecule has 0 unspecified atom stereocenters. The van der Waals surface area contributed by atoms with Crippen molar-refractivity contribution in [3.63, 3.8) is 0 Å². The number of aryl methyl sites for hydroxylation is 2. The van der Waals surface area contributed by atoms with Crippen LogP contribution in [0.4, 0.5) is 17.1 Å². The summed E-state index contributed by atoms with van der Waals surface area (Å²) in [7, 11) is 3.11. The van der Waals surface area contributed by atoms with E-state index >= 15 is 0 Å². The quantitative estimate of drug-likeness (QED) is 0.651. The molecular formula is C22H23N3O3. The van der Waals surface area contributed by atoms with E-state index in [2.05, 4.69) is 15.6 Å². The topological polar surface area (TPSA) is 72.5 Å². The zero-order valence-electron chi connectivity index (χ0n) is 16.4. The van der Waals surface area contributed by atoms with Crippen molar-refractivity contribution in [2.45, 2.75) is 13.8 Å². The van der Waals surface area contributed by atoms with E-state index in [0.29, 0.717) is 22.9 Å². The Kier molecular flexibility index (Phi) is 5.79. The number of benzene rings is 2. The Labute approximate surface area is 164 Å². The van der Waals surface area contributed by atoms with Gasteiger partial charge in [-0.3, -0.25) is 4.79 Å². The first-order valence-electron chi connectivity index (χ1n) is 8.84. The molecule has 0 fully saturated rings. The Hall–Kier alpha value is -3.54. The van der Waals surface area contributed by atoms with Crippen molar-refractivity contribution < 1.29 is 14.3 Å². The average molecular weight is 377 g/mol. The van der Waals surface area contributed by atoms with Gasteiger partial charge in [-0.2, -0.15) is 0 Å². The molecule has 144 valence electrons. The number of pyridine rings is 1. The molecule has 6 heteroatoms. The zero-order valence-corrected chi connectivity index (χ0v) is 16.4. The van der Waals surface area contributed by atoms with E-state index in [1.54, 1.807) is 44.7 Å². The first-order valence-corrected chi connectivity index (χ1v) is 8.84. The standard InChI is InChI=1S/C22H23N3O3/c1-14-6-5-7-15(2)21(14)24-16-8-10-18(23-13-16)22(26)25-19-12-17(27-3)9-11-20(19)28-4/h5-13,24H,1-4H3,(H,25,26). The third kappa shape index (κ3) is 4.23. The molecule has 0 aliphatic carbocycles. The van der Waals surface area contributed by atoms with Gasteiger partial charge in [-0.1, -0.05) is 18.2 Å². The van der Waals surface area contributed by atoms with E-state index in [1.807, 2.05) is 38.1 Å². The number of hydrogen-bond acceptors (Lipinski definition) is 5. The number of hydrogen-bond donors (Lipinski definition) is 2. The van der Waals surface area contributed by atoms with Gasteiger partial charge in [0.15, 0.2) is 0 Å². The van der Waals surface area contributed by atoms with E-state index in [4.69, 9.17) is 9.47 Å². The SMILES string of the molecule is COc1ccc(OC)c(NC(=O)c2ccc(Nc3c(C)cccc3C)cn2)c1. The Balaban J connectivity index is 1.76. The number of aromatic nitrogens is 1.